The van der Waals surface area contributed by atoms with E-state index in [4.69, 9.17) is 11.6 Å². The predicted molar refractivity (Wildman–Crippen MR) is 48.8 cm³/mol. The molecule has 0 spiro atoms. The smallest absolute Gasteiger partial charge is 0.106 e. The van der Waals surface area contributed by atoms with Gasteiger partial charge in [0, 0.05) is 29.7 Å². The van der Waals surface area contributed by atoms with Gasteiger partial charge < -0.3 is 5.32 Å². The molecule has 0 fully saturated rings. The fourth-order valence-corrected chi connectivity index (χ4v) is 1.33. The molecule has 4 heteroatoms. The molecule has 1 rings (SSSR count). The van der Waals surface area contributed by atoms with Gasteiger partial charge in [-0.15, -0.1) is 11.3 Å². The number of thiazole rings is 1. The van der Waals surface area contributed by atoms with Crippen molar-refractivity contribution < 1.29 is 0 Å². The summed E-state index contributed by atoms with van der Waals surface area (Å²) in [6, 6.07) is 0. The molecular weight excluding hydrogens is 180 g/mol. The molecule has 1 aromatic rings. The van der Waals surface area contributed by atoms with Gasteiger partial charge in [-0.25, -0.2) is 4.98 Å². The van der Waals surface area contributed by atoms with E-state index >= 15 is 0 Å². The van der Waals surface area contributed by atoms with Gasteiger partial charge in [-0.1, -0.05) is 18.2 Å². The van der Waals surface area contributed by atoms with E-state index < -0.39 is 0 Å². The largest absolute Gasteiger partial charge is 0.305 e. The second kappa shape index (κ2) is 4.49. The van der Waals surface area contributed by atoms with Crippen molar-refractivity contribution in [1.82, 2.24) is 10.3 Å². The lowest BCUT2D eigenvalue weighted by Crippen LogP contribution is -2.14. The molecule has 0 aromatic carbocycles. The number of nitrogens with zero attached hydrogens (tertiary/aromatic N) is 1. The molecule has 1 N–H and O–H groups in total. The Morgan fingerprint density at radius 2 is 2.64 bits per heavy atom. The standard InChI is InChI=1S/C7H9ClN2S/c1-6(8)4-9-5-7-10-2-3-11-7/h2-3,9H,1,4-5H2. The van der Waals surface area contributed by atoms with Crippen molar-refractivity contribution in [1.29, 1.82) is 0 Å². The Morgan fingerprint density at radius 3 is 3.18 bits per heavy atom. The van der Waals surface area contributed by atoms with Crippen molar-refractivity contribution in [2.24, 2.45) is 0 Å². The zero-order valence-corrected chi connectivity index (χ0v) is 7.58. The maximum Gasteiger partial charge on any atom is 0.106 e. The minimum atomic E-state index is 0.626. The van der Waals surface area contributed by atoms with Crippen LogP contribution in [0, 0.1) is 0 Å². The highest BCUT2D eigenvalue weighted by atomic mass is 35.5. The second-order valence-electron chi connectivity index (χ2n) is 2.05. The van der Waals surface area contributed by atoms with E-state index in [2.05, 4.69) is 16.9 Å². The second-order valence-corrected chi connectivity index (χ2v) is 3.56. The third-order valence-electron chi connectivity index (χ3n) is 1.08. The third kappa shape index (κ3) is 3.51. The van der Waals surface area contributed by atoms with Gasteiger partial charge in [-0.3, -0.25) is 0 Å². The van der Waals surface area contributed by atoms with E-state index in [9.17, 15) is 0 Å². The Morgan fingerprint density at radius 1 is 1.82 bits per heavy atom. The van der Waals surface area contributed by atoms with Crippen molar-refractivity contribution in [2.75, 3.05) is 6.54 Å². The van der Waals surface area contributed by atoms with Crippen molar-refractivity contribution >= 4 is 22.9 Å². The number of aromatic nitrogens is 1. The lowest BCUT2D eigenvalue weighted by molar-refractivity contribution is 0.750. The molecule has 0 unspecified atom stereocenters. The van der Waals surface area contributed by atoms with Crippen LogP contribution in [0.25, 0.3) is 0 Å². The molecule has 0 radical (unpaired) electrons. The van der Waals surface area contributed by atoms with Gasteiger partial charge >= 0.3 is 0 Å². The average Bonchev–Trinajstić information content (AvgIpc) is 2.39. The van der Waals surface area contributed by atoms with Crippen molar-refractivity contribution in [3.05, 3.63) is 28.2 Å². The Kier molecular flexibility index (Phi) is 3.56. The van der Waals surface area contributed by atoms with Gasteiger partial charge in [0.2, 0.25) is 0 Å². The summed E-state index contributed by atoms with van der Waals surface area (Å²) in [5.41, 5.74) is 0. The molecular formula is C7H9ClN2S. The van der Waals surface area contributed by atoms with Crippen LogP contribution in [0.2, 0.25) is 0 Å². The molecule has 1 aromatic heterocycles. The summed E-state index contributed by atoms with van der Waals surface area (Å²) < 4.78 is 0. The lowest BCUT2D eigenvalue weighted by atomic mass is 10.5. The average molecular weight is 189 g/mol. The molecule has 60 valence electrons. The SMILES string of the molecule is C=C(Cl)CNCc1nccs1. The van der Waals surface area contributed by atoms with E-state index in [0.29, 0.717) is 11.6 Å². The van der Waals surface area contributed by atoms with E-state index in [1.165, 1.54) is 0 Å². The number of hydrogen-bond donors (Lipinski definition) is 1. The van der Waals surface area contributed by atoms with Crippen LogP contribution in [0.5, 0.6) is 0 Å². The van der Waals surface area contributed by atoms with Crippen LogP contribution >= 0.6 is 22.9 Å². The van der Waals surface area contributed by atoms with Crippen molar-refractivity contribution in [3.8, 4) is 0 Å². The fourth-order valence-electron chi connectivity index (χ4n) is 0.645. The zero-order chi connectivity index (χ0) is 8.10. The van der Waals surface area contributed by atoms with Crippen LogP contribution in [0.3, 0.4) is 0 Å². The first-order valence-corrected chi connectivity index (χ1v) is 4.47. The number of nitrogens with one attached hydrogen (secondary N) is 1. The quantitative estimate of drug-likeness (QED) is 0.782. The van der Waals surface area contributed by atoms with E-state index in [-0.39, 0.29) is 0 Å². The molecule has 0 aliphatic heterocycles. The first kappa shape index (κ1) is 8.71. The van der Waals surface area contributed by atoms with Crippen LogP contribution in [-0.4, -0.2) is 11.5 Å². The van der Waals surface area contributed by atoms with Gasteiger partial charge in [0.25, 0.3) is 0 Å². The monoisotopic (exact) mass is 188 g/mol. The molecule has 0 aliphatic carbocycles. The summed E-state index contributed by atoms with van der Waals surface area (Å²) in [4.78, 5) is 4.10. The van der Waals surface area contributed by atoms with Gasteiger partial charge in [-0.2, -0.15) is 0 Å². The van der Waals surface area contributed by atoms with Crippen LogP contribution in [0.4, 0.5) is 0 Å². The number of rotatable bonds is 4. The highest BCUT2D eigenvalue weighted by molar-refractivity contribution is 7.09. The molecule has 2 nitrogen and oxygen atoms in total. The van der Waals surface area contributed by atoms with E-state index in [0.717, 1.165) is 11.6 Å². The zero-order valence-electron chi connectivity index (χ0n) is 6.01. The first-order chi connectivity index (χ1) is 5.29. The summed E-state index contributed by atoms with van der Waals surface area (Å²) in [5.74, 6) is 0. The molecule has 0 bridgehead atoms. The summed E-state index contributed by atoms with van der Waals surface area (Å²) >= 11 is 7.17. The normalized spacial score (nSPS) is 9.91. The number of hydrogen-bond acceptors (Lipinski definition) is 3. The Bertz CT molecular complexity index is 220. The van der Waals surface area contributed by atoms with Crippen LogP contribution < -0.4 is 5.32 Å². The Balaban J connectivity index is 2.19. The van der Waals surface area contributed by atoms with Crippen molar-refractivity contribution in [3.63, 3.8) is 0 Å². The molecule has 0 saturated carbocycles. The van der Waals surface area contributed by atoms with Crippen LogP contribution in [0.1, 0.15) is 5.01 Å². The Hall–Kier alpha value is -0.380. The lowest BCUT2D eigenvalue weighted by Gasteiger charge is -1.98. The molecule has 1 heterocycles. The maximum absolute atomic E-state index is 5.54. The highest BCUT2D eigenvalue weighted by Crippen LogP contribution is 2.03. The van der Waals surface area contributed by atoms with E-state index in [1.54, 1.807) is 17.5 Å². The minimum absolute atomic E-state index is 0.626. The summed E-state index contributed by atoms with van der Waals surface area (Å²) in [6.07, 6.45) is 1.79. The first-order valence-electron chi connectivity index (χ1n) is 3.21. The molecule has 0 saturated heterocycles. The van der Waals surface area contributed by atoms with Gasteiger partial charge in [0.15, 0.2) is 0 Å². The fraction of sp³-hybridized carbons (Fsp3) is 0.286. The molecule has 11 heavy (non-hydrogen) atoms. The minimum Gasteiger partial charge on any atom is -0.305 e. The van der Waals surface area contributed by atoms with Crippen molar-refractivity contribution in [2.45, 2.75) is 6.54 Å². The molecule has 0 amide bonds. The summed E-state index contributed by atoms with van der Waals surface area (Å²) in [7, 11) is 0. The maximum atomic E-state index is 5.54. The van der Waals surface area contributed by atoms with E-state index in [1.807, 2.05) is 5.38 Å². The Labute approximate surface area is 74.9 Å². The summed E-state index contributed by atoms with van der Waals surface area (Å²) in [5, 5.41) is 6.75. The molecule has 0 atom stereocenters. The van der Waals surface area contributed by atoms with Crippen LogP contribution in [0.15, 0.2) is 23.2 Å². The topological polar surface area (TPSA) is 24.9 Å². The van der Waals surface area contributed by atoms with Gasteiger partial charge in [0.05, 0.1) is 0 Å². The third-order valence-corrected chi connectivity index (χ3v) is 1.99. The van der Waals surface area contributed by atoms with Crippen LogP contribution in [-0.2, 0) is 6.54 Å². The van der Waals surface area contributed by atoms with Gasteiger partial charge in [0.1, 0.15) is 5.01 Å². The molecule has 0 aliphatic rings. The summed E-state index contributed by atoms with van der Waals surface area (Å²) in [6.45, 7) is 4.97. The predicted octanol–water partition coefficient (Wildman–Crippen LogP) is 1.99. The van der Waals surface area contributed by atoms with Gasteiger partial charge in [-0.05, 0) is 0 Å². The number of halogens is 1. The highest BCUT2D eigenvalue weighted by Gasteiger charge is 1.93.